The van der Waals surface area contributed by atoms with Crippen molar-refractivity contribution in [3.05, 3.63) is 98.5 Å². The van der Waals surface area contributed by atoms with E-state index in [4.69, 9.17) is 27.9 Å². The van der Waals surface area contributed by atoms with Crippen molar-refractivity contribution in [2.45, 2.75) is 13.0 Å². The first-order chi connectivity index (χ1) is 15.3. The van der Waals surface area contributed by atoms with Gasteiger partial charge in [-0.25, -0.2) is 4.79 Å². The lowest BCUT2D eigenvalue weighted by atomic mass is 9.84. The summed E-state index contributed by atoms with van der Waals surface area (Å²) in [6, 6.07) is 15.5. The molecule has 3 aromatic rings. The third-order valence-corrected chi connectivity index (χ3v) is 5.84. The molecule has 1 amide bonds. The van der Waals surface area contributed by atoms with Crippen molar-refractivity contribution in [3.8, 4) is 0 Å². The first-order valence-corrected chi connectivity index (χ1v) is 10.3. The molecule has 0 unspecified atom stereocenters. The van der Waals surface area contributed by atoms with Crippen molar-refractivity contribution in [1.82, 2.24) is 0 Å². The molecule has 0 heterocycles. The zero-order valence-electron chi connectivity index (χ0n) is 16.6. The minimum Gasteiger partial charge on any atom is -0.449 e. The van der Waals surface area contributed by atoms with Gasteiger partial charge in [0.05, 0.1) is 15.6 Å². The van der Waals surface area contributed by atoms with E-state index in [1.54, 1.807) is 30.3 Å². The quantitative estimate of drug-likeness (QED) is 0.428. The lowest BCUT2D eigenvalue weighted by Gasteiger charge is -2.19. The van der Waals surface area contributed by atoms with Crippen LogP contribution in [-0.2, 0) is 9.53 Å². The number of rotatable bonds is 4. The molecule has 0 aliphatic heterocycles. The molecule has 0 saturated heterocycles. The van der Waals surface area contributed by atoms with E-state index in [-0.39, 0.29) is 44.0 Å². The summed E-state index contributed by atoms with van der Waals surface area (Å²) in [6.07, 6.45) is -1.16. The average molecular weight is 468 g/mol. The molecule has 1 N–H and O–H groups in total. The van der Waals surface area contributed by atoms with Crippen LogP contribution in [0.25, 0.3) is 0 Å². The second kappa shape index (κ2) is 8.57. The fourth-order valence-electron chi connectivity index (χ4n) is 3.36. The fraction of sp³-hybridized carbons (Fsp3) is 0.0833. The Morgan fingerprint density at radius 2 is 1.47 bits per heavy atom. The minimum absolute atomic E-state index is 0.0323. The molecule has 8 heteroatoms. The van der Waals surface area contributed by atoms with E-state index in [1.165, 1.54) is 37.3 Å². The molecule has 0 bridgehead atoms. The Kier molecular flexibility index (Phi) is 5.82. The number of amides is 1. The van der Waals surface area contributed by atoms with Gasteiger partial charge < -0.3 is 10.1 Å². The maximum atomic E-state index is 12.8. The van der Waals surface area contributed by atoms with Crippen molar-refractivity contribution in [2.75, 3.05) is 5.32 Å². The number of carbonyl (C=O) groups excluding carboxylic acids is 4. The topological polar surface area (TPSA) is 89.5 Å². The highest BCUT2D eigenvalue weighted by molar-refractivity contribution is 6.43. The van der Waals surface area contributed by atoms with E-state index in [2.05, 4.69) is 5.32 Å². The van der Waals surface area contributed by atoms with Crippen LogP contribution in [-0.4, -0.2) is 29.5 Å². The van der Waals surface area contributed by atoms with Crippen LogP contribution in [0.1, 0.15) is 49.1 Å². The molecule has 1 aliphatic rings. The molecule has 4 rings (SSSR count). The molecule has 0 radical (unpaired) electrons. The highest BCUT2D eigenvalue weighted by Gasteiger charge is 2.30. The summed E-state index contributed by atoms with van der Waals surface area (Å²) >= 11 is 11.9. The Labute approximate surface area is 193 Å². The Hall–Kier alpha value is -3.48. The number of nitrogens with one attached hydrogen (secondary N) is 1. The van der Waals surface area contributed by atoms with Crippen LogP contribution in [0.3, 0.4) is 0 Å². The molecule has 3 aromatic carbocycles. The lowest BCUT2D eigenvalue weighted by Crippen LogP contribution is -2.30. The number of hydrogen-bond donors (Lipinski definition) is 1. The summed E-state index contributed by atoms with van der Waals surface area (Å²) in [7, 11) is 0. The molecule has 1 aliphatic carbocycles. The zero-order chi connectivity index (χ0) is 23.0. The third kappa shape index (κ3) is 3.90. The van der Waals surface area contributed by atoms with E-state index < -0.39 is 18.0 Å². The largest absolute Gasteiger partial charge is 0.449 e. The van der Waals surface area contributed by atoms with Gasteiger partial charge in [0, 0.05) is 27.9 Å². The molecule has 0 aromatic heterocycles. The Balaban J connectivity index is 1.50. The maximum Gasteiger partial charge on any atom is 0.340 e. The van der Waals surface area contributed by atoms with Gasteiger partial charge in [0.25, 0.3) is 5.91 Å². The fourth-order valence-corrected chi connectivity index (χ4v) is 3.74. The number of ketones is 2. The van der Waals surface area contributed by atoms with Gasteiger partial charge in [-0.1, -0.05) is 53.5 Å². The van der Waals surface area contributed by atoms with Crippen molar-refractivity contribution < 1.29 is 23.9 Å². The molecule has 160 valence electrons. The predicted octanol–water partition coefficient (Wildman–Crippen LogP) is 4.95. The first kappa shape index (κ1) is 21.7. The van der Waals surface area contributed by atoms with Crippen molar-refractivity contribution >= 4 is 52.3 Å². The van der Waals surface area contributed by atoms with E-state index in [1.807, 2.05) is 0 Å². The number of anilines is 1. The Morgan fingerprint density at radius 3 is 2.16 bits per heavy atom. The number of halogens is 2. The summed E-state index contributed by atoms with van der Waals surface area (Å²) in [5.74, 6) is -1.98. The second-order valence-corrected chi connectivity index (χ2v) is 7.89. The number of esters is 1. The molecule has 1 atom stereocenters. The molecular weight excluding hydrogens is 453 g/mol. The molecule has 6 nitrogen and oxygen atoms in total. The lowest BCUT2D eigenvalue weighted by molar-refractivity contribution is -0.123. The van der Waals surface area contributed by atoms with Crippen molar-refractivity contribution in [3.63, 3.8) is 0 Å². The second-order valence-electron chi connectivity index (χ2n) is 7.10. The van der Waals surface area contributed by atoms with Gasteiger partial charge in [-0.3, -0.25) is 14.4 Å². The monoisotopic (exact) mass is 467 g/mol. The van der Waals surface area contributed by atoms with Gasteiger partial charge in [0.2, 0.25) is 0 Å². The van der Waals surface area contributed by atoms with Crippen LogP contribution in [0.4, 0.5) is 5.69 Å². The highest BCUT2D eigenvalue weighted by atomic mass is 35.5. The van der Waals surface area contributed by atoms with E-state index in [0.29, 0.717) is 11.1 Å². The molecular formula is C24H15Cl2NO5. The molecule has 0 spiro atoms. The van der Waals surface area contributed by atoms with Crippen LogP contribution in [0.15, 0.2) is 60.7 Å². The number of hydrogen-bond acceptors (Lipinski definition) is 5. The van der Waals surface area contributed by atoms with Crippen LogP contribution in [0.5, 0.6) is 0 Å². The summed E-state index contributed by atoms with van der Waals surface area (Å²) in [5.41, 5.74) is 1.45. The van der Waals surface area contributed by atoms with Crippen molar-refractivity contribution in [1.29, 1.82) is 0 Å². The number of ether oxygens (including phenoxy) is 1. The number of fused-ring (bicyclic) bond motifs is 2. The molecule has 32 heavy (non-hydrogen) atoms. The van der Waals surface area contributed by atoms with Gasteiger partial charge in [-0.05, 0) is 37.3 Å². The Bertz CT molecular complexity index is 1300. The predicted molar refractivity (Wildman–Crippen MR) is 120 cm³/mol. The van der Waals surface area contributed by atoms with Gasteiger partial charge in [-0.15, -0.1) is 0 Å². The first-order valence-electron chi connectivity index (χ1n) is 9.56. The SMILES string of the molecule is C[C@H](OC(=O)c1cccc(Cl)c1Cl)C(=O)Nc1ccc2c(c1)C(=O)c1ccccc1C2=O. The summed E-state index contributed by atoms with van der Waals surface area (Å²) in [4.78, 5) is 50.4. The van der Waals surface area contributed by atoms with Crippen LogP contribution in [0.2, 0.25) is 10.0 Å². The summed E-state index contributed by atoms with van der Waals surface area (Å²) in [6.45, 7) is 1.40. The third-order valence-electron chi connectivity index (χ3n) is 5.02. The van der Waals surface area contributed by atoms with Gasteiger partial charge in [0.1, 0.15) is 0 Å². The normalized spacial score (nSPS) is 13.1. The smallest absolute Gasteiger partial charge is 0.340 e. The van der Waals surface area contributed by atoms with Gasteiger partial charge >= 0.3 is 5.97 Å². The van der Waals surface area contributed by atoms with E-state index in [0.717, 1.165) is 0 Å². The number of carbonyl (C=O) groups is 4. The molecule has 0 fully saturated rings. The van der Waals surface area contributed by atoms with Gasteiger partial charge in [0.15, 0.2) is 17.7 Å². The Morgan fingerprint density at radius 1 is 0.844 bits per heavy atom. The van der Waals surface area contributed by atoms with Gasteiger partial charge in [-0.2, -0.15) is 0 Å². The van der Waals surface area contributed by atoms with Crippen molar-refractivity contribution in [2.24, 2.45) is 0 Å². The number of benzene rings is 3. The maximum absolute atomic E-state index is 12.8. The van der Waals surface area contributed by atoms with E-state index >= 15 is 0 Å². The highest BCUT2D eigenvalue weighted by Crippen LogP contribution is 2.29. The standard InChI is InChI=1S/C24H15Cl2NO5/c1-12(32-24(31)17-7-4-8-19(25)20(17)26)23(30)27-13-9-10-16-18(11-13)22(29)15-6-3-2-5-14(15)21(16)28/h2-12H,1H3,(H,27,30)/t12-/m0/s1. The minimum atomic E-state index is -1.16. The van der Waals surface area contributed by atoms with Crippen LogP contribution in [0, 0.1) is 0 Å². The average Bonchev–Trinajstić information content (AvgIpc) is 2.79. The molecule has 0 saturated carbocycles. The van der Waals surface area contributed by atoms with Crippen LogP contribution < -0.4 is 5.32 Å². The van der Waals surface area contributed by atoms with E-state index in [9.17, 15) is 19.2 Å². The summed E-state index contributed by atoms with van der Waals surface area (Å²) < 4.78 is 5.19. The van der Waals surface area contributed by atoms with Crippen LogP contribution >= 0.6 is 23.2 Å². The zero-order valence-corrected chi connectivity index (χ0v) is 18.2. The summed E-state index contributed by atoms with van der Waals surface area (Å²) in [5, 5.41) is 2.82.